The molecule has 0 unspecified atom stereocenters. The number of morpholine rings is 1. The molecular weight excluding hydrogens is 268 g/mol. The van der Waals surface area contributed by atoms with Gasteiger partial charge in [-0.15, -0.1) is 4.98 Å². The zero-order valence-corrected chi connectivity index (χ0v) is 12.7. The molecule has 112 valence electrons. The second-order valence-corrected chi connectivity index (χ2v) is 5.41. The van der Waals surface area contributed by atoms with Gasteiger partial charge < -0.3 is 9.64 Å². The van der Waals surface area contributed by atoms with E-state index in [0.29, 0.717) is 6.04 Å². The number of hydrogen-bond acceptors (Lipinski definition) is 4. The van der Waals surface area contributed by atoms with Crippen LogP contribution in [0, 0.1) is 0 Å². The minimum Gasteiger partial charge on any atom is -0.378 e. The molecule has 0 N–H and O–H groups in total. The Bertz CT molecular complexity index is 657. The van der Waals surface area contributed by atoms with Crippen molar-refractivity contribution in [3.05, 3.63) is 18.6 Å². The Balaban J connectivity index is 1.96. The van der Waals surface area contributed by atoms with Crippen LogP contribution in [0.15, 0.2) is 23.6 Å². The quantitative estimate of drug-likeness (QED) is 0.470. The van der Waals surface area contributed by atoms with E-state index < -0.39 is 0 Å². The van der Waals surface area contributed by atoms with E-state index in [0.717, 1.165) is 43.7 Å². The van der Waals surface area contributed by atoms with Crippen LogP contribution in [0.5, 0.6) is 0 Å². The highest BCUT2D eigenvalue weighted by atomic mass is 16.5. The topological polar surface area (TPSA) is 58.9 Å². The van der Waals surface area contributed by atoms with Gasteiger partial charge in [-0.05, 0) is 25.9 Å². The van der Waals surface area contributed by atoms with E-state index in [9.17, 15) is 0 Å². The third kappa shape index (κ3) is 2.73. The molecule has 1 aliphatic rings. The first-order chi connectivity index (χ1) is 10.2. The van der Waals surface area contributed by atoms with Gasteiger partial charge in [0.1, 0.15) is 5.84 Å². The van der Waals surface area contributed by atoms with Crippen molar-refractivity contribution in [1.29, 1.82) is 0 Å². The zero-order valence-electron chi connectivity index (χ0n) is 12.7. The van der Waals surface area contributed by atoms with Gasteiger partial charge in [-0.2, -0.15) is 0 Å². The van der Waals surface area contributed by atoms with Crippen LogP contribution in [0.2, 0.25) is 0 Å². The Kier molecular flexibility index (Phi) is 3.83. The van der Waals surface area contributed by atoms with Crippen molar-refractivity contribution >= 4 is 17.4 Å². The molecule has 0 bridgehead atoms. The first kappa shape index (κ1) is 13.9. The SMILES string of the molecule is CC(=Nc1ccnc2n1nc[n+]2C(C)C)N1CCOCC1. The maximum atomic E-state index is 5.37. The summed E-state index contributed by atoms with van der Waals surface area (Å²) in [6, 6.07) is 2.20. The normalized spacial score (nSPS) is 17.0. The molecule has 0 atom stereocenters. The van der Waals surface area contributed by atoms with Gasteiger partial charge in [0.05, 0.1) is 25.5 Å². The average molecular weight is 289 g/mol. The van der Waals surface area contributed by atoms with Gasteiger partial charge in [0.15, 0.2) is 0 Å². The average Bonchev–Trinajstić information content (AvgIpc) is 2.93. The number of hydrogen-bond donors (Lipinski definition) is 0. The highest BCUT2D eigenvalue weighted by molar-refractivity contribution is 5.82. The predicted octanol–water partition coefficient (Wildman–Crippen LogP) is 0.980. The minimum absolute atomic E-state index is 0.314. The predicted molar refractivity (Wildman–Crippen MR) is 78.7 cm³/mol. The molecular formula is C14H21N6O+. The van der Waals surface area contributed by atoms with Crippen molar-refractivity contribution in [1.82, 2.24) is 19.5 Å². The molecule has 0 aliphatic carbocycles. The van der Waals surface area contributed by atoms with Gasteiger partial charge in [0.25, 0.3) is 0 Å². The Morgan fingerprint density at radius 3 is 2.86 bits per heavy atom. The second-order valence-electron chi connectivity index (χ2n) is 5.41. The monoisotopic (exact) mass is 289 g/mol. The first-order valence-electron chi connectivity index (χ1n) is 7.28. The lowest BCUT2D eigenvalue weighted by Crippen LogP contribution is -2.39. The van der Waals surface area contributed by atoms with Crippen LogP contribution in [0.4, 0.5) is 5.82 Å². The molecule has 1 saturated heterocycles. The van der Waals surface area contributed by atoms with E-state index in [2.05, 4.69) is 28.8 Å². The maximum Gasteiger partial charge on any atom is 0.388 e. The summed E-state index contributed by atoms with van der Waals surface area (Å²) in [6.07, 6.45) is 3.58. The molecule has 3 heterocycles. The minimum atomic E-state index is 0.314. The van der Waals surface area contributed by atoms with Crippen molar-refractivity contribution in [2.45, 2.75) is 26.8 Å². The molecule has 0 spiro atoms. The lowest BCUT2D eigenvalue weighted by atomic mass is 10.4. The van der Waals surface area contributed by atoms with Crippen LogP contribution in [-0.4, -0.2) is 51.6 Å². The van der Waals surface area contributed by atoms with Gasteiger partial charge in [0, 0.05) is 19.2 Å². The van der Waals surface area contributed by atoms with Crippen LogP contribution < -0.4 is 4.57 Å². The van der Waals surface area contributed by atoms with Gasteiger partial charge in [-0.1, -0.05) is 4.52 Å². The third-order valence-corrected chi connectivity index (χ3v) is 3.64. The van der Waals surface area contributed by atoms with Crippen molar-refractivity contribution in [2.75, 3.05) is 26.3 Å². The number of aromatic nitrogens is 4. The second kappa shape index (κ2) is 5.77. The lowest BCUT2D eigenvalue weighted by molar-refractivity contribution is -0.694. The Hall–Kier alpha value is -2.02. The molecule has 0 radical (unpaired) electrons. The largest absolute Gasteiger partial charge is 0.388 e. The lowest BCUT2D eigenvalue weighted by Gasteiger charge is -2.28. The van der Waals surface area contributed by atoms with Crippen LogP contribution >= 0.6 is 0 Å². The number of fused-ring (bicyclic) bond motifs is 1. The summed E-state index contributed by atoms with van der Waals surface area (Å²) in [7, 11) is 0. The van der Waals surface area contributed by atoms with Gasteiger partial charge >= 0.3 is 5.78 Å². The fourth-order valence-electron chi connectivity index (χ4n) is 2.42. The number of ether oxygens (including phenoxy) is 1. The summed E-state index contributed by atoms with van der Waals surface area (Å²) in [5.41, 5.74) is 0. The van der Waals surface area contributed by atoms with Crippen molar-refractivity contribution in [3.63, 3.8) is 0 Å². The van der Waals surface area contributed by atoms with Crippen LogP contribution in [-0.2, 0) is 4.74 Å². The molecule has 1 aliphatic heterocycles. The van der Waals surface area contributed by atoms with E-state index in [1.54, 1.807) is 17.0 Å². The Morgan fingerprint density at radius 2 is 2.14 bits per heavy atom. The van der Waals surface area contributed by atoms with Crippen molar-refractivity contribution in [3.8, 4) is 0 Å². The van der Waals surface area contributed by atoms with E-state index in [1.807, 2.05) is 17.6 Å². The molecule has 0 amide bonds. The van der Waals surface area contributed by atoms with E-state index in [-0.39, 0.29) is 0 Å². The van der Waals surface area contributed by atoms with Gasteiger partial charge in [-0.3, -0.25) is 0 Å². The Labute approximate surface area is 123 Å². The van der Waals surface area contributed by atoms with E-state index >= 15 is 0 Å². The van der Waals surface area contributed by atoms with Gasteiger partial charge in [0.2, 0.25) is 12.1 Å². The molecule has 2 aromatic heterocycles. The molecule has 0 aromatic carbocycles. The highest BCUT2D eigenvalue weighted by Crippen LogP contribution is 2.13. The molecule has 2 aromatic rings. The summed E-state index contributed by atoms with van der Waals surface area (Å²) < 4.78 is 9.18. The number of nitrogens with zero attached hydrogens (tertiary/aromatic N) is 6. The smallest absolute Gasteiger partial charge is 0.378 e. The number of rotatable bonds is 2. The summed E-state index contributed by atoms with van der Waals surface area (Å²) in [5.74, 6) is 2.59. The first-order valence-corrected chi connectivity index (χ1v) is 7.28. The fraction of sp³-hybridized carbons (Fsp3) is 0.571. The van der Waals surface area contributed by atoms with Crippen molar-refractivity contribution < 1.29 is 9.30 Å². The summed E-state index contributed by atoms with van der Waals surface area (Å²) in [6.45, 7) is 9.53. The molecule has 1 fully saturated rings. The highest BCUT2D eigenvalue weighted by Gasteiger charge is 2.18. The fourth-order valence-corrected chi connectivity index (χ4v) is 2.42. The van der Waals surface area contributed by atoms with Gasteiger partial charge in [-0.25, -0.2) is 9.56 Å². The van der Waals surface area contributed by atoms with Crippen LogP contribution in [0.25, 0.3) is 5.78 Å². The molecule has 21 heavy (non-hydrogen) atoms. The summed E-state index contributed by atoms with van der Waals surface area (Å²) >= 11 is 0. The third-order valence-electron chi connectivity index (χ3n) is 3.64. The number of aliphatic imine (C=N–C) groups is 1. The zero-order chi connectivity index (χ0) is 14.8. The van der Waals surface area contributed by atoms with E-state index in [4.69, 9.17) is 9.73 Å². The number of amidine groups is 1. The Morgan fingerprint density at radius 1 is 1.38 bits per heavy atom. The standard InChI is InChI=1S/C14H21N6O/c1-11(2)19-10-16-20-13(4-5-15-14(19)20)17-12(3)18-6-8-21-9-7-18/h4-5,10-11H,6-9H2,1-3H3/q+1. The summed E-state index contributed by atoms with van der Waals surface area (Å²) in [4.78, 5) is 11.4. The van der Waals surface area contributed by atoms with Crippen LogP contribution in [0.1, 0.15) is 26.8 Å². The maximum absolute atomic E-state index is 5.37. The van der Waals surface area contributed by atoms with Crippen LogP contribution in [0.3, 0.4) is 0 Å². The molecule has 7 nitrogen and oxygen atoms in total. The van der Waals surface area contributed by atoms with E-state index in [1.165, 1.54) is 0 Å². The molecule has 3 rings (SSSR count). The molecule has 0 saturated carbocycles. The van der Waals surface area contributed by atoms with Crippen molar-refractivity contribution in [2.24, 2.45) is 4.99 Å². The molecule has 7 heteroatoms. The summed E-state index contributed by atoms with van der Waals surface area (Å²) in [5, 5.41) is 4.40.